The van der Waals surface area contributed by atoms with Crippen molar-refractivity contribution in [3.63, 3.8) is 0 Å². The molecule has 1 aromatic heterocycles. The van der Waals surface area contributed by atoms with Gasteiger partial charge in [0.1, 0.15) is 5.60 Å². The van der Waals surface area contributed by atoms with Crippen molar-refractivity contribution >= 4 is 0 Å². The summed E-state index contributed by atoms with van der Waals surface area (Å²) < 4.78 is 11.2. The highest BCUT2D eigenvalue weighted by Gasteiger charge is 2.37. The Morgan fingerprint density at radius 2 is 1.80 bits per heavy atom. The van der Waals surface area contributed by atoms with E-state index in [0.29, 0.717) is 13.2 Å². The largest absolute Gasteiger partial charge is 0.381 e. The predicted molar refractivity (Wildman–Crippen MR) is 77.6 cm³/mol. The summed E-state index contributed by atoms with van der Waals surface area (Å²) in [7, 11) is 1.74. The molecule has 20 heavy (non-hydrogen) atoms. The third-order valence-electron chi connectivity index (χ3n) is 4.07. The number of rotatable bonds is 5. The first-order chi connectivity index (χ1) is 9.63. The molecule has 0 amide bonds. The fourth-order valence-corrected chi connectivity index (χ4v) is 2.67. The number of aryl methyl sites for hydroxylation is 2. The van der Waals surface area contributed by atoms with E-state index in [1.165, 1.54) is 5.56 Å². The van der Waals surface area contributed by atoms with Crippen LogP contribution in [0.4, 0.5) is 0 Å². The van der Waals surface area contributed by atoms with E-state index >= 15 is 0 Å². The lowest BCUT2D eigenvalue weighted by atomic mass is 9.92. The second kappa shape index (κ2) is 6.61. The smallest absolute Gasteiger partial charge is 0.160 e. The van der Waals surface area contributed by atoms with Crippen LogP contribution in [-0.4, -0.2) is 36.8 Å². The van der Waals surface area contributed by atoms with Crippen LogP contribution in [0.1, 0.15) is 42.5 Å². The molecule has 1 aliphatic rings. The van der Waals surface area contributed by atoms with Gasteiger partial charge in [0, 0.05) is 56.7 Å². The van der Waals surface area contributed by atoms with E-state index in [4.69, 9.17) is 19.4 Å². The zero-order chi connectivity index (χ0) is 14.6. The average Bonchev–Trinajstić information content (AvgIpc) is 2.47. The SMILES string of the molecule is CCNCc1c(C)nc(C2(OC)CCOCC2)nc1C. The van der Waals surface area contributed by atoms with Crippen molar-refractivity contribution < 1.29 is 9.47 Å². The lowest BCUT2D eigenvalue weighted by Crippen LogP contribution is -2.38. The quantitative estimate of drug-likeness (QED) is 0.891. The highest BCUT2D eigenvalue weighted by atomic mass is 16.5. The first-order valence-corrected chi connectivity index (χ1v) is 7.31. The average molecular weight is 279 g/mol. The first kappa shape index (κ1) is 15.4. The lowest BCUT2D eigenvalue weighted by molar-refractivity contribution is -0.100. The molecule has 0 radical (unpaired) electrons. The summed E-state index contributed by atoms with van der Waals surface area (Å²) >= 11 is 0. The van der Waals surface area contributed by atoms with Gasteiger partial charge in [-0.15, -0.1) is 0 Å². The molecule has 1 aromatic rings. The Morgan fingerprint density at radius 3 is 2.30 bits per heavy atom. The third kappa shape index (κ3) is 3.00. The lowest BCUT2D eigenvalue weighted by Gasteiger charge is -2.34. The summed E-state index contributed by atoms with van der Waals surface area (Å²) in [5, 5.41) is 3.34. The van der Waals surface area contributed by atoms with Gasteiger partial charge in [-0.05, 0) is 20.4 Å². The summed E-state index contributed by atoms with van der Waals surface area (Å²) in [4.78, 5) is 9.44. The molecule has 5 heteroatoms. The van der Waals surface area contributed by atoms with E-state index in [1.54, 1.807) is 7.11 Å². The number of methoxy groups -OCH3 is 1. The summed E-state index contributed by atoms with van der Waals surface area (Å²) in [5.74, 6) is 0.804. The fraction of sp³-hybridized carbons (Fsp3) is 0.733. The van der Waals surface area contributed by atoms with Crippen molar-refractivity contribution in [3.8, 4) is 0 Å². The molecule has 1 aliphatic heterocycles. The minimum Gasteiger partial charge on any atom is -0.381 e. The van der Waals surface area contributed by atoms with Crippen LogP contribution in [0.5, 0.6) is 0 Å². The van der Waals surface area contributed by atoms with Crippen LogP contribution in [0.2, 0.25) is 0 Å². The van der Waals surface area contributed by atoms with Crippen molar-refractivity contribution in [3.05, 3.63) is 22.8 Å². The molecule has 2 heterocycles. The standard InChI is InChI=1S/C15H25N3O2/c1-5-16-10-13-11(2)17-14(18-12(13)3)15(19-4)6-8-20-9-7-15/h16H,5-10H2,1-4H3. The Labute approximate surface area is 121 Å². The van der Waals surface area contributed by atoms with Crippen molar-refractivity contribution in [2.45, 2.75) is 45.8 Å². The molecular formula is C15H25N3O2. The maximum absolute atomic E-state index is 5.78. The molecule has 5 nitrogen and oxygen atoms in total. The van der Waals surface area contributed by atoms with Crippen LogP contribution in [0.3, 0.4) is 0 Å². The van der Waals surface area contributed by atoms with E-state index in [0.717, 1.165) is 43.1 Å². The van der Waals surface area contributed by atoms with Crippen LogP contribution < -0.4 is 5.32 Å². The van der Waals surface area contributed by atoms with Crippen molar-refractivity contribution in [2.24, 2.45) is 0 Å². The van der Waals surface area contributed by atoms with Crippen LogP contribution in [0.25, 0.3) is 0 Å². The van der Waals surface area contributed by atoms with Gasteiger partial charge in [0.2, 0.25) is 0 Å². The van der Waals surface area contributed by atoms with E-state index in [-0.39, 0.29) is 5.60 Å². The van der Waals surface area contributed by atoms with Gasteiger partial charge in [0.15, 0.2) is 5.82 Å². The van der Waals surface area contributed by atoms with Crippen LogP contribution in [-0.2, 0) is 21.6 Å². The summed E-state index contributed by atoms with van der Waals surface area (Å²) in [5.41, 5.74) is 2.88. The highest BCUT2D eigenvalue weighted by Crippen LogP contribution is 2.33. The molecule has 0 spiro atoms. The van der Waals surface area contributed by atoms with Crippen LogP contribution in [0, 0.1) is 13.8 Å². The monoisotopic (exact) mass is 279 g/mol. The van der Waals surface area contributed by atoms with Crippen molar-refractivity contribution in [1.82, 2.24) is 15.3 Å². The van der Waals surface area contributed by atoms with Crippen LogP contribution in [0.15, 0.2) is 0 Å². The number of aromatic nitrogens is 2. The van der Waals surface area contributed by atoms with Gasteiger partial charge in [-0.1, -0.05) is 6.92 Å². The molecule has 0 unspecified atom stereocenters. The fourth-order valence-electron chi connectivity index (χ4n) is 2.67. The van der Waals surface area contributed by atoms with Gasteiger partial charge in [0.25, 0.3) is 0 Å². The maximum atomic E-state index is 5.78. The topological polar surface area (TPSA) is 56.3 Å². The van der Waals surface area contributed by atoms with E-state index in [1.807, 2.05) is 13.8 Å². The number of nitrogens with zero attached hydrogens (tertiary/aromatic N) is 2. The van der Waals surface area contributed by atoms with E-state index < -0.39 is 0 Å². The zero-order valence-electron chi connectivity index (χ0n) is 13.0. The van der Waals surface area contributed by atoms with E-state index in [9.17, 15) is 0 Å². The Kier molecular flexibility index (Phi) is 5.07. The number of hydrogen-bond acceptors (Lipinski definition) is 5. The second-order valence-corrected chi connectivity index (χ2v) is 5.29. The molecule has 112 valence electrons. The van der Waals surface area contributed by atoms with Gasteiger partial charge >= 0.3 is 0 Å². The minimum atomic E-state index is -0.384. The molecule has 0 atom stereocenters. The Hall–Kier alpha value is -1.04. The predicted octanol–water partition coefficient (Wildman–Crippen LogP) is 1.86. The summed E-state index contributed by atoms with van der Waals surface area (Å²) in [6.07, 6.45) is 1.63. The molecule has 0 aromatic carbocycles. The van der Waals surface area contributed by atoms with E-state index in [2.05, 4.69) is 12.2 Å². The van der Waals surface area contributed by atoms with Crippen LogP contribution >= 0.6 is 0 Å². The normalized spacial score (nSPS) is 18.2. The van der Waals surface area contributed by atoms with Gasteiger partial charge in [-0.25, -0.2) is 9.97 Å². The Morgan fingerprint density at radius 1 is 1.20 bits per heavy atom. The number of hydrogen-bond donors (Lipinski definition) is 1. The summed E-state index contributed by atoms with van der Waals surface area (Å²) in [6.45, 7) is 9.36. The Bertz CT molecular complexity index is 433. The van der Waals surface area contributed by atoms with Gasteiger partial charge in [-0.2, -0.15) is 0 Å². The molecule has 1 saturated heterocycles. The summed E-state index contributed by atoms with van der Waals surface area (Å²) in [6, 6.07) is 0. The molecule has 0 aliphatic carbocycles. The van der Waals surface area contributed by atoms with Gasteiger partial charge < -0.3 is 14.8 Å². The number of nitrogens with one attached hydrogen (secondary N) is 1. The van der Waals surface area contributed by atoms with Crippen molar-refractivity contribution in [2.75, 3.05) is 26.9 Å². The maximum Gasteiger partial charge on any atom is 0.160 e. The number of ether oxygens (including phenoxy) is 2. The Balaban J connectivity index is 2.32. The van der Waals surface area contributed by atoms with Crippen molar-refractivity contribution in [1.29, 1.82) is 0 Å². The highest BCUT2D eigenvalue weighted by molar-refractivity contribution is 5.26. The molecule has 1 N–H and O–H groups in total. The third-order valence-corrected chi connectivity index (χ3v) is 4.07. The molecule has 0 saturated carbocycles. The van der Waals surface area contributed by atoms with Gasteiger partial charge in [-0.3, -0.25) is 0 Å². The zero-order valence-corrected chi connectivity index (χ0v) is 13.0. The molecule has 2 rings (SSSR count). The molecule has 1 fully saturated rings. The molecule has 0 bridgehead atoms. The second-order valence-electron chi connectivity index (χ2n) is 5.29. The first-order valence-electron chi connectivity index (χ1n) is 7.31. The minimum absolute atomic E-state index is 0.384. The molecular weight excluding hydrogens is 254 g/mol. The van der Waals surface area contributed by atoms with Gasteiger partial charge in [0.05, 0.1) is 0 Å².